The van der Waals surface area contributed by atoms with E-state index in [1.807, 2.05) is 23.7 Å². The molecule has 2 saturated heterocycles. The van der Waals surface area contributed by atoms with Crippen LogP contribution in [0.3, 0.4) is 0 Å². The van der Waals surface area contributed by atoms with Gasteiger partial charge in [-0.3, -0.25) is 4.79 Å². The fourth-order valence-electron chi connectivity index (χ4n) is 2.19. The van der Waals surface area contributed by atoms with Gasteiger partial charge in [0, 0.05) is 24.9 Å². The van der Waals surface area contributed by atoms with E-state index in [9.17, 15) is 4.79 Å². The van der Waals surface area contributed by atoms with Gasteiger partial charge in [0.15, 0.2) is 0 Å². The lowest BCUT2D eigenvalue weighted by Gasteiger charge is -2.20. The smallest absolute Gasteiger partial charge is 0.239 e. The Kier molecular flexibility index (Phi) is 3.02. The number of hydrogen-bond donors (Lipinski definition) is 1. The monoisotopic (exact) mass is 214 g/mol. The van der Waals surface area contributed by atoms with Crippen LogP contribution in [0.5, 0.6) is 0 Å². The van der Waals surface area contributed by atoms with Gasteiger partial charge < -0.3 is 10.2 Å². The summed E-state index contributed by atoms with van der Waals surface area (Å²) < 4.78 is 0. The third-order valence-electron chi connectivity index (χ3n) is 3.22. The van der Waals surface area contributed by atoms with Crippen LogP contribution in [0, 0.1) is 0 Å². The normalized spacial score (nSPS) is 38.3. The first-order valence-corrected chi connectivity index (χ1v) is 6.36. The number of nitrogens with one attached hydrogen (secondary N) is 1. The highest BCUT2D eigenvalue weighted by Crippen LogP contribution is 2.27. The van der Waals surface area contributed by atoms with E-state index >= 15 is 0 Å². The molecule has 3 nitrogen and oxygen atoms in total. The highest BCUT2D eigenvalue weighted by atomic mass is 32.2. The third kappa shape index (κ3) is 1.91. The predicted molar refractivity (Wildman–Crippen MR) is 59.5 cm³/mol. The standard InChI is InChI=1S/C10H18N2OS/c1-7-8(4-6-14-7)11-9-3-5-12(2)10(9)13/h7-9,11H,3-6H2,1-2H3. The van der Waals surface area contributed by atoms with Gasteiger partial charge in [0.25, 0.3) is 0 Å². The Morgan fingerprint density at radius 3 is 2.79 bits per heavy atom. The van der Waals surface area contributed by atoms with Gasteiger partial charge in [-0.25, -0.2) is 0 Å². The van der Waals surface area contributed by atoms with Gasteiger partial charge in [0.05, 0.1) is 6.04 Å². The number of amides is 1. The molecule has 0 aromatic carbocycles. The number of hydrogen-bond acceptors (Lipinski definition) is 3. The van der Waals surface area contributed by atoms with Crippen molar-refractivity contribution in [3.63, 3.8) is 0 Å². The summed E-state index contributed by atoms with van der Waals surface area (Å²) in [4.78, 5) is 13.5. The molecule has 1 amide bonds. The van der Waals surface area contributed by atoms with E-state index in [0.717, 1.165) is 13.0 Å². The molecule has 80 valence electrons. The summed E-state index contributed by atoms with van der Waals surface area (Å²) in [5.41, 5.74) is 0. The van der Waals surface area contributed by atoms with Crippen LogP contribution in [0.4, 0.5) is 0 Å². The second-order valence-electron chi connectivity index (χ2n) is 4.24. The average molecular weight is 214 g/mol. The summed E-state index contributed by atoms with van der Waals surface area (Å²) in [7, 11) is 1.89. The zero-order chi connectivity index (χ0) is 10.1. The molecule has 2 fully saturated rings. The summed E-state index contributed by atoms with van der Waals surface area (Å²) >= 11 is 2.00. The van der Waals surface area contributed by atoms with Crippen LogP contribution in [0.2, 0.25) is 0 Å². The Morgan fingerprint density at radius 1 is 1.50 bits per heavy atom. The molecule has 2 aliphatic rings. The molecule has 0 aromatic heterocycles. The molecule has 2 aliphatic heterocycles. The molecule has 0 spiro atoms. The molecular formula is C10H18N2OS. The minimum Gasteiger partial charge on any atom is -0.344 e. The Balaban J connectivity index is 1.88. The Hall–Kier alpha value is -0.220. The molecule has 3 atom stereocenters. The van der Waals surface area contributed by atoms with E-state index in [1.165, 1.54) is 12.2 Å². The second-order valence-corrected chi connectivity index (χ2v) is 5.72. The van der Waals surface area contributed by atoms with Gasteiger partial charge >= 0.3 is 0 Å². The summed E-state index contributed by atoms with van der Waals surface area (Å²) in [6, 6.07) is 0.631. The number of thioether (sulfide) groups is 1. The van der Waals surface area contributed by atoms with Gasteiger partial charge in [-0.1, -0.05) is 6.92 Å². The van der Waals surface area contributed by atoms with Crippen molar-refractivity contribution in [1.82, 2.24) is 10.2 Å². The van der Waals surface area contributed by atoms with Gasteiger partial charge in [-0.2, -0.15) is 11.8 Å². The number of likely N-dealkylation sites (N-methyl/N-ethyl adjacent to an activating group) is 1. The van der Waals surface area contributed by atoms with Crippen LogP contribution < -0.4 is 5.32 Å². The number of carbonyl (C=O) groups is 1. The molecule has 3 unspecified atom stereocenters. The summed E-state index contributed by atoms with van der Waals surface area (Å²) in [6.45, 7) is 3.16. The number of rotatable bonds is 2. The topological polar surface area (TPSA) is 32.3 Å². The van der Waals surface area contributed by atoms with Crippen molar-refractivity contribution in [2.45, 2.75) is 37.1 Å². The molecule has 0 aliphatic carbocycles. The highest BCUT2D eigenvalue weighted by molar-refractivity contribution is 8.00. The average Bonchev–Trinajstić information content (AvgIpc) is 2.68. The lowest BCUT2D eigenvalue weighted by atomic mass is 10.1. The highest BCUT2D eigenvalue weighted by Gasteiger charge is 2.33. The number of carbonyl (C=O) groups excluding carboxylic acids is 1. The van der Waals surface area contributed by atoms with Crippen LogP contribution in [-0.4, -0.2) is 47.5 Å². The maximum atomic E-state index is 11.7. The molecule has 14 heavy (non-hydrogen) atoms. The molecule has 0 aromatic rings. The van der Waals surface area contributed by atoms with Crippen molar-refractivity contribution < 1.29 is 4.79 Å². The first-order chi connectivity index (χ1) is 6.68. The van der Waals surface area contributed by atoms with Crippen molar-refractivity contribution in [3.05, 3.63) is 0 Å². The zero-order valence-electron chi connectivity index (χ0n) is 8.82. The van der Waals surface area contributed by atoms with Crippen LogP contribution in [0.1, 0.15) is 19.8 Å². The first-order valence-electron chi connectivity index (χ1n) is 5.31. The van der Waals surface area contributed by atoms with Gasteiger partial charge in [0.2, 0.25) is 5.91 Å². The van der Waals surface area contributed by atoms with Crippen molar-refractivity contribution in [1.29, 1.82) is 0 Å². The molecular weight excluding hydrogens is 196 g/mol. The van der Waals surface area contributed by atoms with Crippen molar-refractivity contribution >= 4 is 17.7 Å². The molecule has 0 saturated carbocycles. The summed E-state index contributed by atoms with van der Waals surface area (Å²) in [5, 5.41) is 4.16. The van der Waals surface area contributed by atoms with E-state index < -0.39 is 0 Å². The van der Waals surface area contributed by atoms with Gasteiger partial charge in [0.1, 0.15) is 0 Å². The van der Waals surface area contributed by atoms with E-state index in [4.69, 9.17) is 0 Å². The maximum absolute atomic E-state index is 11.7. The quantitative estimate of drug-likeness (QED) is 0.734. The number of likely N-dealkylation sites (tertiary alicyclic amines) is 1. The largest absolute Gasteiger partial charge is 0.344 e. The lowest BCUT2D eigenvalue weighted by molar-refractivity contribution is -0.128. The van der Waals surface area contributed by atoms with Gasteiger partial charge in [-0.15, -0.1) is 0 Å². The van der Waals surface area contributed by atoms with Crippen LogP contribution >= 0.6 is 11.8 Å². The van der Waals surface area contributed by atoms with Crippen molar-refractivity contribution in [2.24, 2.45) is 0 Å². The maximum Gasteiger partial charge on any atom is 0.239 e. The zero-order valence-corrected chi connectivity index (χ0v) is 9.64. The van der Waals surface area contributed by atoms with E-state index in [-0.39, 0.29) is 11.9 Å². The van der Waals surface area contributed by atoms with Gasteiger partial charge in [-0.05, 0) is 18.6 Å². The second kappa shape index (κ2) is 4.11. The van der Waals surface area contributed by atoms with E-state index in [0.29, 0.717) is 11.3 Å². The molecule has 0 bridgehead atoms. The first kappa shape index (κ1) is 10.3. The Bertz CT molecular complexity index is 234. The SMILES string of the molecule is CC1SCCC1NC1CCN(C)C1=O. The Labute approximate surface area is 89.6 Å². The minimum atomic E-state index is 0.0890. The summed E-state index contributed by atoms with van der Waals surface area (Å²) in [6.07, 6.45) is 2.18. The molecule has 1 N–H and O–H groups in total. The van der Waals surface area contributed by atoms with E-state index in [2.05, 4.69) is 12.2 Å². The lowest BCUT2D eigenvalue weighted by Crippen LogP contribution is -2.45. The number of nitrogens with zero attached hydrogens (tertiary/aromatic N) is 1. The predicted octanol–water partition coefficient (Wildman–Crippen LogP) is 0.701. The fraction of sp³-hybridized carbons (Fsp3) is 0.900. The third-order valence-corrected chi connectivity index (χ3v) is 4.54. The van der Waals surface area contributed by atoms with Crippen molar-refractivity contribution in [3.8, 4) is 0 Å². The fourth-order valence-corrected chi connectivity index (χ4v) is 3.39. The minimum absolute atomic E-state index is 0.0890. The molecule has 0 radical (unpaired) electrons. The van der Waals surface area contributed by atoms with Crippen LogP contribution in [0.15, 0.2) is 0 Å². The molecule has 2 heterocycles. The molecule has 2 rings (SSSR count). The molecule has 4 heteroatoms. The van der Waals surface area contributed by atoms with Crippen molar-refractivity contribution in [2.75, 3.05) is 19.3 Å². The summed E-state index contributed by atoms with van der Waals surface area (Å²) in [5.74, 6) is 1.50. The van der Waals surface area contributed by atoms with Crippen LogP contribution in [0.25, 0.3) is 0 Å². The Morgan fingerprint density at radius 2 is 2.29 bits per heavy atom. The van der Waals surface area contributed by atoms with E-state index in [1.54, 1.807) is 0 Å². The van der Waals surface area contributed by atoms with Crippen LogP contribution in [-0.2, 0) is 4.79 Å².